The predicted molar refractivity (Wildman–Crippen MR) is 54.1 cm³/mol. The Morgan fingerprint density at radius 3 is 2.60 bits per heavy atom. The van der Waals surface area contributed by atoms with E-state index in [9.17, 15) is 14.4 Å². The fraction of sp³-hybridized carbons (Fsp3) is 0.700. The number of hydrogen-bond donors (Lipinski definition) is 1. The molecule has 84 valence electrons. The predicted octanol–water partition coefficient (Wildman–Crippen LogP) is -0.298. The number of nitrogens with zero attached hydrogens (tertiary/aromatic N) is 1. The van der Waals surface area contributed by atoms with Crippen molar-refractivity contribution in [1.82, 2.24) is 10.2 Å². The Kier molecular flexibility index (Phi) is 3.24. The summed E-state index contributed by atoms with van der Waals surface area (Å²) in [6.07, 6.45) is 0.419. The number of carbonyl (C=O) groups is 3. The van der Waals surface area contributed by atoms with Crippen LogP contribution in [0.5, 0.6) is 0 Å². The largest absolute Gasteiger partial charge is 0.298 e. The van der Waals surface area contributed by atoms with Gasteiger partial charge in [0.2, 0.25) is 11.8 Å². The van der Waals surface area contributed by atoms with E-state index in [4.69, 9.17) is 0 Å². The summed E-state index contributed by atoms with van der Waals surface area (Å²) in [5.74, 6) is -0.656. The third kappa shape index (κ3) is 2.41. The van der Waals surface area contributed by atoms with Crippen LogP contribution in [0.2, 0.25) is 0 Å². The van der Waals surface area contributed by atoms with Gasteiger partial charge in [-0.25, -0.2) is 0 Å². The molecule has 1 heterocycles. The lowest BCUT2D eigenvalue weighted by atomic mass is 9.98. The van der Waals surface area contributed by atoms with E-state index in [0.29, 0.717) is 6.42 Å². The minimum atomic E-state index is -0.793. The lowest BCUT2D eigenvalue weighted by molar-refractivity contribution is -0.146. The van der Waals surface area contributed by atoms with Gasteiger partial charge in [-0.2, -0.15) is 0 Å². The van der Waals surface area contributed by atoms with Gasteiger partial charge in [-0.05, 0) is 13.8 Å². The van der Waals surface area contributed by atoms with E-state index in [1.165, 1.54) is 0 Å². The SMILES string of the molecule is CCC(=O)CN1CC(=O)NC(=O)C1(C)C. The van der Waals surface area contributed by atoms with Crippen LogP contribution in [0.4, 0.5) is 0 Å². The normalized spacial score (nSPS) is 21.3. The van der Waals surface area contributed by atoms with Gasteiger partial charge < -0.3 is 0 Å². The number of nitrogens with one attached hydrogen (secondary N) is 1. The molecular weight excluding hydrogens is 196 g/mol. The Bertz CT molecular complexity index is 310. The first-order valence-electron chi connectivity index (χ1n) is 4.99. The summed E-state index contributed by atoms with van der Waals surface area (Å²) < 4.78 is 0. The van der Waals surface area contributed by atoms with Crippen molar-refractivity contribution in [3.63, 3.8) is 0 Å². The molecule has 1 aliphatic heterocycles. The smallest absolute Gasteiger partial charge is 0.246 e. The molecule has 0 aliphatic carbocycles. The van der Waals surface area contributed by atoms with Crippen molar-refractivity contribution < 1.29 is 14.4 Å². The number of carbonyl (C=O) groups excluding carboxylic acids is 3. The third-order valence-electron chi connectivity index (χ3n) is 2.70. The van der Waals surface area contributed by atoms with Gasteiger partial charge >= 0.3 is 0 Å². The molecule has 0 atom stereocenters. The molecule has 1 rings (SSSR count). The molecule has 0 aromatic carbocycles. The van der Waals surface area contributed by atoms with Crippen molar-refractivity contribution in [2.24, 2.45) is 0 Å². The van der Waals surface area contributed by atoms with Gasteiger partial charge in [0.15, 0.2) is 0 Å². The average Bonchev–Trinajstić information content (AvgIpc) is 2.14. The van der Waals surface area contributed by atoms with Gasteiger partial charge in [0, 0.05) is 6.42 Å². The number of hydrogen-bond acceptors (Lipinski definition) is 4. The number of Topliss-reactive ketones (excluding diaryl/α,β-unsaturated/α-hetero) is 1. The molecule has 0 aromatic rings. The Morgan fingerprint density at radius 2 is 2.07 bits per heavy atom. The third-order valence-corrected chi connectivity index (χ3v) is 2.70. The first-order valence-corrected chi connectivity index (χ1v) is 4.99. The molecule has 0 saturated carbocycles. The number of amides is 2. The molecule has 2 amide bonds. The Balaban J connectivity index is 2.80. The van der Waals surface area contributed by atoms with Crippen LogP contribution in [-0.4, -0.2) is 41.1 Å². The average molecular weight is 212 g/mol. The standard InChI is InChI=1S/C10H16N2O3/c1-4-7(13)5-12-6-8(14)11-9(15)10(12,2)3/h4-6H2,1-3H3,(H,11,14,15). The molecule has 0 spiro atoms. The van der Waals surface area contributed by atoms with E-state index in [-0.39, 0.29) is 30.7 Å². The lowest BCUT2D eigenvalue weighted by Crippen LogP contribution is -2.64. The molecule has 0 radical (unpaired) electrons. The van der Waals surface area contributed by atoms with E-state index >= 15 is 0 Å². The van der Waals surface area contributed by atoms with Crippen LogP contribution in [0.3, 0.4) is 0 Å². The van der Waals surface area contributed by atoms with Gasteiger partial charge in [-0.3, -0.25) is 24.6 Å². The number of rotatable bonds is 3. The summed E-state index contributed by atoms with van der Waals surface area (Å²) >= 11 is 0. The maximum absolute atomic E-state index is 11.5. The highest BCUT2D eigenvalue weighted by Gasteiger charge is 2.41. The molecule has 1 saturated heterocycles. The molecular formula is C10H16N2O3. The minimum absolute atomic E-state index is 0.0329. The van der Waals surface area contributed by atoms with Gasteiger partial charge in [0.25, 0.3) is 0 Å². The second kappa shape index (κ2) is 4.10. The van der Waals surface area contributed by atoms with Crippen LogP contribution < -0.4 is 5.32 Å². The van der Waals surface area contributed by atoms with Gasteiger partial charge in [-0.15, -0.1) is 0 Å². The number of imide groups is 1. The fourth-order valence-electron chi connectivity index (χ4n) is 1.41. The monoisotopic (exact) mass is 212 g/mol. The second-order valence-electron chi connectivity index (χ2n) is 4.18. The van der Waals surface area contributed by atoms with E-state index < -0.39 is 5.54 Å². The molecule has 0 unspecified atom stereocenters. The van der Waals surface area contributed by atoms with Crippen LogP contribution in [-0.2, 0) is 14.4 Å². The zero-order valence-corrected chi connectivity index (χ0v) is 9.29. The Hall–Kier alpha value is -1.23. The molecule has 1 aliphatic rings. The molecule has 1 N–H and O–H groups in total. The molecule has 5 nitrogen and oxygen atoms in total. The quantitative estimate of drug-likeness (QED) is 0.652. The van der Waals surface area contributed by atoms with E-state index in [0.717, 1.165) is 0 Å². The number of piperazine rings is 1. The van der Waals surface area contributed by atoms with Crippen LogP contribution in [0.25, 0.3) is 0 Å². The Labute approximate surface area is 88.8 Å². The maximum atomic E-state index is 11.5. The zero-order chi connectivity index (χ0) is 11.6. The molecule has 0 aromatic heterocycles. The minimum Gasteiger partial charge on any atom is -0.298 e. The Morgan fingerprint density at radius 1 is 1.47 bits per heavy atom. The summed E-state index contributed by atoms with van der Waals surface area (Å²) in [6.45, 7) is 5.43. The van der Waals surface area contributed by atoms with E-state index in [2.05, 4.69) is 5.32 Å². The van der Waals surface area contributed by atoms with Crippen LogP contribution in [0.1, 0.15) is 27.2 Å². The van der Waals surface area contributed by atoms with Crippen LogP contribution in [0.15, 0.2) is 0 Å². The van der Waals surface area contributed by atoms with Gasteiger partial charge in [-0.1, -0.05) is 6.92 Å². The summed E-state index contributed by atoms with van der Waals surface area (Å²) in [5.41, 5.74) is -0.793. The highest BCUT2D eigenvalue weighted by atomic mass is 16.2. The fourth-order valence-corrected chi connectivity index (χ4v) is 1.41. The first kappa shape index (κ1) is 11.8. The molecule has 1 fully saturated rings. The van der Waals surface area contributed by atoms with Crippen molar-refractivity contribution in [1.29, 1.82) is 0 Å². The number of ketones is 1. The van der Waals surface area contributed by atoms with Crippen molar-refractivity contribution >= 4 is 17.6 Å². The van der Waals surface area contributed by atoms with Crippen molar-refractivity contribution in [2.45, 2.75) is 32.7 Å². The summed E-state index contributed by atoms with van der Waals surface area (Å²) in [7, 11) is 0. The molecule has 5 heteroatoms. The van der Waals surface area contributed by atoms with Gasteiger partial charge in [0.05, 0.1) is 18.6 Å². The molecule has 0 bridgehead atoms. The summed E-state index contributed by atoms with van der Waals surface area (Å²) in [4.78, 5) is 35.6. The first-order chi connectivity index (χ1) is 6.87. The van der Waals surface area contributed by atoms with E-state index in [1.54, 1.807) is 25.7 Å². The highest BCUT2D eigenvalue weighted by Crippen LogP contribution is 2.17. The van der Waals surface area contributed by atoms with Gasteiger partial charge in [0.1, 0.15) is 5.78 Å². The maximum Gasteiger partial charge on any atom is 0.246 e. The van der Waals surface area contributed by atoms with Crippen molar-refractivity contribution in [3.8, 4) is 0 Å². The van der Waals surface area contributed by atoms with Crippen molar-refractivity contribution in [3.05, 3.63) is 0 Å². The van der Waals surface area contributed by atoms with Crippen molar-refractivity contribution in [2.75, 3.05) is 13.1 Å². The van der Waals surface area contributed by atoms with E-state index in [1.807, 2.05) is 0 Å². The van der Waals surface area contributed by atoms with Crippen LogP contribution >= 0.6 is 0 Å². The second-order valence-corrected chi connectivity index (χ2v) is 4.18. The zero-order valence-electron chi connectivity index (χ0n) is 9.29. The molecule has 15 heavy (non-hydrogen) atoms. The highest BCUT2D eigenvalue weighted by molar-refractivity contribution is 6.03. The topological polar surface area (TPSA) is 66.5 Å². The lowest BCUT2D eigenvalue weighted by Gasteiger charge is -2.39. The summed E-state index contributed by atoms with van der Waals surface area (Å²) in [6, 6.07) is 0. The summed E-state index contributed by atoms with van der Waals surface area (Å²) in [5, 5.41) is 2.26. The van der Waals surface area contributed by atoms with Crippen LogP contribution in [0, 0.1) is 0 Å².